The van der Waals surface area contributed by atoms with Gasteiger partial charge in [-0.1, -0.05) is 36.4 Å². The van der Waals surface area contributed by atoms with E-state index in [1.54, 1.807) is 12.4 Å². The van der Waals surface area contributed by atoms with Gasteiger partial charge in [-0.05, 0) is 24.3 Å². The van der Waals surface area contributed by atoms with Crippen LogP contribution in [0, 0.1) is 0 Å². The topological polar surface area (TPSA) is 52.1 Å². The molecular formula is C18H12N2O2. The monoisotopic (exact) mass is 288 g/mol. The van der Waals surface area contributed by atoms with E-state index < -0.39 is 0 Å². The van der Waals surface area contributed by atoms with Crippen LogP contribution in [-0.4, -0.2) is 9.97 Å². The van der Waals surface area contributed by atoms with E-state index in [0.717, 1.165) is 11.1 Å². The Hall–Kier alpha value is -3.14. The Bertz CT molecular complexity index is 804. The average molecular weight is 288 g/mol. The smallest absolute Gasteiger partial charge is 0.226 e. The van der Waals surface area contributed by atoms with Crippen molar-refractivity contribution >= 4 is 0 Å². The third kappa shape index (κ3) is 2.31. The van der Waals surface area contributed by atoms with Gasteiger partial charge in [-0.2, -0.15) is 0 Å². The van der Waals surface area contributed by atoms with E-state index >= 15 is 0 Å². The molecule has 22 heavy (non-hydrogen) atoms. The lowest BCUT2D eigenvalue weighted by molar-refractivity contribution is 0.533. The molecule has 2 aromatic heterocycles. The van der Waals surface area contributed by atoms with E-state index in [2.05, 4.69) is 9.97 Å². The molecule has 2 aromatic carbocycles. The zero-order valence-electron chi connectivity index (χ0n) is 11.6. The van der Waals surface area contributed by atoms with Gasteiger partial charge in [0.2, 0.25) is 11.8 Å². The Morgan fingerprint density at radius 1 is 0.545 bits per heavy atom. The number of hydrogen-bond acceptors (Lipinski definition) is 4. The summed E-state index contributed by atoms with van der Waals surface area (Å²) in [5.41, 5.74) is 1.85. The van der Waals surface area contributed by atoms with E-state index in [-0.39, 0.29) is 0 Å². The normalized spacial score (nSPS) is 10.7. The van der Waals surface area contributed by atoms with Crippen LogP contribution >= 0.6 is 0 Å². The first-order chi connectivity index (χ1) is 10.9. The fourth-order valence-electron chi connectivity index (χ4n) is 2.20. The maximum Gasteiger partial charge on any atom is 0.226 e. The average Bonchev–Trinajstić information content (AvgIpc) is 3.26. The maximum atomic E-state index is 5.76. The van der Waals surface area contributed by atoms with Crippen LogP contribution in [0.4, 0.5) is 0 Å². The molecule has 4 rings (SSSR count). The van der Waals surface area contributed by atoms with Crippen LogP contribution < -0.4 is 0 Å². The van der Waals surface area contributed by atoms with Crippen LogP contribution in [0.1, 0.15) is 0 Å². The van der Waals surface area contributed by atoms with Gasteiger partial charge in [-0.25, -0.2) is 9.97 Å². The molecule has 0 bridgehead atoms. The second-order valence-corrected chi connectivity index (χ2v) is 4.79. The van der Waals surface area contributed by atoms with Crippen LogP contribution in [0.15, 0.2) is 81.9 Å². The summed E-state index contributed by atoms with van der Waals surface area (Å²) in [5, 5.41) is 0. The summed E-state index contributed by atoms with van der Waals surface area (Å²) in [7, 11) is 0. The summed E-state index contributed by atoms with van der Waals surface area (Å²) in [6, 6.07) is 19.5. The predicted octanol–water partition coefficient (Wildman–Crippen LogP) is 4.66. The van der Waals surface area contributed by atoms with E-state index in [9.17, 15) is 0 Å². The van der Waals surface area contributed by atoms with E-state index in [1.165, 1.54) is 0 Å². The molecule has 0 aliphatic carbocycles. The first kappa shape index (κ1) is 12.6. The van der Waals surface area contributed by atoms with Crippen molar-refractivity contribution in [2.75, 3.05) is 0 Å². The molecule has 0 aliphatic rings. The lowest BCUT2D eigenvalue weighted by atomic mass is 10.2. The molecule has 0 saturated heterocycles. The van der Waals surface area contributed by atoms with Gasteiger partial charge >= 0.3 is 0 Å². The Labute approximate surface area is 127 Å². The van der Waals surface area contributed by atoms with Crippen molar-refractivity contribution in [2.24, 2.45) is 0 Å². The summed E-state index contributed by atoms with van der Waals surface area (Å²) < 4.78 is 11.5. The van der Waals surface area contributed by atoms with E-state index in [4.69, 9.17) is 8.83 Å². The molecule has 106 valence electrons. The fourth-order valence-corrected chi connectivity index (χ4v) is 2.20. The fraction of sp³-hybridized carbons (Fsp3) is 0. The molecule has 0 radical (unpaired) electrons. The number of rotatable bonds is 3. The summed E-state index contributed by atoms with van der Waals surface area (Å²) in [6.45, 7) is 0. The highest BCUT2D eigenvalue weighted by Crippen LogP contribution is 2.29. The predicted molar refractivity (Wildman–Crippen MR) is 82.9 cm³/mol. The largest absolute Gasteiger partial charge is 0.433 e. The standard InChI is InChI=1S/C18H12N2O2/c1-3-7-13(8-4-1)17-19-11-15(21-17)16-12-20-18(22-16)14-9-5-2-6-10-14/h1-12H. The second kappa shape index (κ2) is 5.33. The summed E-state index contributed by atoms with van der Waals surface area (Å²) in [5.74, 6) is 2.25. The van der Waals surface area contributed by atoms with Crippen molar-refractivity contribution in [1.29, 1.82) is 0 Å². The number of aromatic nitrogens is 2. The minimum Gasteiger partial charge on any atom is -0.433 e. The lowest BCUT2D eigenvalue weighted by Gasteiger charge is -1.94. The molecule has 0 saturated carbocycles. The molecule has 4 aromatic rings. The highest BCUT2D eigenvalue weighted by Gasteiger charge is 2.13. The Morgan fingerprint density at radius 2 is 0.955 bits per heavy atom. The van der Waals surface area contributed by atoms with Crippen LogP contribution in [0.2, 0.25) is 0 Å². The molecule has 0 amide bonds. The van der Waals surface area contributed by atoms with Crippen LogP contribution in [0.5, 0.6) is 0 Å². The molecule has 0 spiro atoms. The van der Waals surface area contributed by atoms with Gasteiger partial charge in [0, 0.05) is 11.1 Å². The maximum absolute atomic E-state index is 5.76. The molecule has 0 unspecified atom stereocenters. The highest BCUT2D eigenvalue weighted by atomic mass is 16.4. The number of oxazole rings is 2. The number of nitrogens with zero attached hydrogens (tertiary/aromatic N) is 2. The van der Waals surface area contributed by atoms with E-state index in [0.29, 0.717) is 23.3 Å². The second-order valence-electron chi connectivity index (χ2n) is 4.79. The lowest BCUT2D eigenvalue weighted by Crippen LogP contribution is -1.74. The summed E-state index contributed by atoms with van der Waals surface area (Å²) in [6.07, 6.45) is 3.30. The molecular weight excluding hydrogens is 276 g/mol. The zero-order valence-corrected chi connectivity index (χ0v) is 11.6. The van der Waals surface area contributed by atoms with Crippen molar-refractivity contribution in [2.45, 2.75) is 0 Å². The summed E-state index contributed by atoms with van der Waals surface area (Å²) >= 11 is 0. The molecule has 0 aliphatic heterocycles. The quantitative estimate of drug-likeness (QED) is 0.550. The Balaban J connectivity index is 1.66. The Morgan fingerprint density at radius 3 is 1.36 bits per heavy atom. The van der Waals surface area contributed by atoms with Crippen molar-refractivity contribution in [1.82, 2.24) is 9.97 Å². The minimum absolute atomic E-state index is 0.563. The van der Waals surface area contributed by atoms with Crippen LogP contribution in [-0.2, 0) is 0 Å². The first-order valence-corrected chi connectivity index (χ1v) is 6.93. The third-order valence-corrected chi connectivity index (χ3v) is 3.30. The molecule has 4 heteroatoms. The van der Waals surface area contributed by atoms with Crippen molar-refractivity contribution in [3.63, 3.8) is 0 Å². The number of hydrogen-bond donors (Lipinski definition) is 0. The van der Waals surface area contributed by atoms with Crippen molar-refractivity contribution in [3.05, 3.63) is 73.1 Å². The highest BCUT2D eigenvalue weighted by molar-refractivity contribution is 5.59. The minimum atomic E-state index is 0.563. The van der Waals surface area contributed by atoms with Crippen LogP contribution in [0.3, 0.4) is 0 Å². The first-order valence-electron chi connectivity index (χ1n) is 6.93. The molecule has 0 fully saturated rings. The van der Waals surface area contributed by atoms with Gasteiger partial charge in [-0.15, -0.1) is 0 Å². The molecule has 0 N–H and O–H groups in total. The number of benzene rings is 2. The third-order valence-electron chi connectivity index (χ3n) is 3.30. The Kier molecular flexibility index (Phi) is 3.05. The van der Waals surface area contributed by atoms with Gasteiger partial charge in [0.25, 0.3) is 0 Å². The van der Waals surface area contributed by atoms with Gasteiger partial charge in [0.05, 0.1) is 12.4 Å². The van der Waals surface area contributed by atoms with Crippen LogP contribution in [0.25, 0.3) is 34.4 Å². The van der Waals surface area contributed by atoms with Gasteiger partial charge in [0.15, 0.2) is 11.5 Å². The van der Waals surface area contributed by atoms with Crippen molar-refractivity contribution in [3.8, 4) is 34.4 Å². The van der Waals surface area contributed by atoms with Gasteiger partial charge in [0.1, 0.15) is 0 Å². The van der Waals surface area contributed by atoms with Gasteiger partial charge < -0.3 is 8.83 Å². The van der Waals surface area contributed by atoms with Crippen molar-refractivity contribution < 1.29 is 8.83 Å². The molecule has 4 nitrogen and oxygen atoms in total. The summed E-state index contributed by atoms with van der Waals surface area (Å²) in [4.78, 5) is 8.58. The molecule has 2 heterocycles. The van der Waals surface area contributed by atoms with Gasteiger partial charge in [-0.3, -0.25) is 0 Å². The molecule has 0 atom stereocenters. The van der Waals surface area contributed by atoms with E-state index in [1.807, 2.05) is 60.7 Å². The zero-order chi connectivity index (χ0) is 14.8. The SMILES string of the molecule is c1ccc(-c2ncc(-c3cnc(-c4ccccc4)o3)o2)cc1.